The molecule has 2 unspecified atom stereocenters. The SMILES string of the molecule is CS(=O)(=O)N1C2CCC1CC(NC(=O)c1cccc(OCc3ccccc3)c1)C2. The van der Waals surface area contributed by atoms with Gasteiger partial charge in [-0.3, -0.25) is 4.79 Å². The van der Waals surface area contributed by atoms with Crippen LogP contribution in [0, 0.1) is 0 Å². The van der Waals surface area contributed by atoms with Gasteiger partial charge < -0.3 is 10.1 Å². The first-order valence-corrected chi connectivity index (χ1v) is 11.8. The number of nitrogens with one attached hydrogen (secondary N) is 1. The highest BCUT2D eigenvalue weighted by Crippen LogP contribution is 2.37. The molecule has 0 spiro atoms. The lowest BCUT2D eigenvalue weighted by Gasteiger charge is -2.37. The Morgan fingerprint density at radius 1 is 1.07 bits per heavy atom. The van der Waals surface area contributed by atoms with E-state index < -0.39 is 10.0 Å². The molecule has 0 aliphatic carbocycles. The van der Waals surface area contributed by atoms with Crippen LogP contribution in [0.5, 0.6) is 5.75 Å². The minimum atomic E-state index is -3.20. The second kappa shape index (κ2) is 8.16. The maximum Gasteiger partial charge on any atom is 0.251 e. The van der Waals surface area contributed by atoms with Gasteiger partial charge in [0.1, 0.15) is 12.4 Å². The van der Waals surface area contributed by atoms with E-state index in [1.165, 1.54) is 6.26 Å². The van der Waals surface area contributed by atoms with Crippen molar-refractivity contribution in [2.75, 3.05) is 6.26 Å². The third-order valence-corrected chi connectivity index (χ3v) is 7.09. The molecule has 1 amide bonds. The summed E-state index contributed by atoms with van der Waals surface area (Å²) in [4.78, 5) is 12.8. The molecule has 6 nitrogen and oxygen atoms in total. The predicted octanol–water partition coefficient (Wildman–Crippen LogP) is 2.95. The van der Waals surface area contributed by atoms with Crippen molar-refractivity contribution < 1.29 is 17.9 Å². The molecule has 2 aromatic carbocycles. The molecule has 2 heterocycles. The first-order valence-electron chi connectivity index (χ1n) is 9.96. The van der Waals surface area contributed by atoms with E-state index in [1.807, 2.05) is 42.5 Å². The number of amides is 1. The van der Waals surface area contributed by atoms with Gasteiger partial charge in [0.25, 0.3) is 5.91 Å². The molecule has 2 aliphatic rings. The smallest absolute Gasteiger partial charge is 0.251 e. The Morgan fingerprint density at radius 2 is 1.76 bits per heavy atom. The number of nitrogens with zero attached hydrogens (tertiary/aromatic N) is 1. The summed E-state index contributed by atoms with van der Waals surface area (Å²) in [6.07, 6.45) is 4.34. The van der Waals surface area contributed by atoms with Crippen molar-refractivity contribution in [3.63, 3.8) is 0 Å². The van der Waals surface area contributed by atoms with Crippen molar-refractivity contribution in [3.05, 3.63) is 65.7 Å². The van der Waals surface area contributed by atoms with Crippen molar-refractivity contribution in [2.24, 2.45) is 0 Å². The molecule has 1 N–H and O–H groups in total. The van der Waals surface area contributed by atoms with E-state index in [4.69, 9.17) is 4.74 Å². The summed E-state index contributed by atoms with van der Waals surface area (Å²) < 4.78 is 31.5. The van der Waals surface area contributed by atoms with Crippen molar-refractivity contribution >= 4 is 15.9 Å². The lowest BCUT2D eigenvalue weighted by Crippen LogP contribution is -2.52. The standard InChI is InChI=1S/C22H26N2O4S/c1-29(26,27)24-19-10-11-20(24)14-18(13-19)23-22(25)17-8-5-9-21(12-17)28-15-16-6-3-2-4-7-16/h2-9,12,18-20H,10-11,13-15H2,1H3,(H,23,25). The number of sulfonamides is 1. The van der Waals surface area contributed by atoms with E-state index in [-0.39, 0.29) is 24.0 Å². The van der Waals surface area contributed by atoms with Crippen LogP contribution in [0.15, 0.2) is 54.6 Å². The Bertz CT molecular complexity index is 963. The van der Waals surface area contributed by atoms with Crippen molar-refractivity contribution in [1.29, 1.82) is 0 Å². The summed E-state index contributed by atoms with van der Waals surface area (Å²) in [7, 11) is -3.20. The molecule has 4 rings (SSSR count). The summed E-state index contributed by atoms with van der Waals surface area (Å²) in [5.41, 5.74) is 1.61. The third kappa shape index (κ3) is 4.62. The second-order valence-corrected chi connectivity index (χ2v) is 9.81. The summed E-state index contributed by atoms with van der Waals surface area (Å²) in [5.74, 6) is 0.501. The number of carbonyl (C=O) groups is 1. The van der Waals surface area contributed by atoms with E-state index in [0.717, 1.165) is 18.4 Å². The molecule has 2 saturated heterocycles. The fourth-order valence-corrected chi connectivity index (χ4v) is 6.00. The number of rotatable bonds is 6. The van der Waals surface area contributed by atoms with Gasteiger partial charge in [-0.05, 0) is 49.4 Å². The lowest BCUT2D eigenvalue weighted by atomic mass is 9.99. The zero-order valence-electron chi connectivity index (χ0n) is 16.5. The fraction of sp³-hybridized carbons (Fsp3) is 0.409. The van der Waals surface area contributed by atoms with Gasteiger partial charge >= 0.3 is 0 Å². The molecule has 0 aromatic heterocycles. The van der Waals surface area contributed by atoms with Crippen LogP contribution in [-0.4, -0.2) is 43.0 Å². The van der Waals surface area contributed by atoms with Crippen LogP contribution in [0.4, 0.5) is 0 Å². The van der Waals surface area contributed by atoms with Crippen molar-refractivity contribution in [1.82, 2.24) is 9.62 Å². The summed E-state index contributed by atoms with van der Waals surface area (Å²) in [5, 5.41) is 3.09. The average molecular weight is 415 g/mol. The minimum Gasteiger partial charge on any atom is -0.489 e. The molecule has 0 saturated carbocycles. The van der Waals surface area contributed by atoms with Gasteiger partial charge in [0.2, 0.25) is 10.0 Å². The zero-order valence-corrected chi connectivity index (χ0v) is 17.3. The van der Waals surface area contributed by atoms with E-state index in [2.05, 4.69) is 5.32 Å². The molecule has 2 atom stereocenters. The highest BCUT2D eigenvalue weighted by Gasteiger charge is 2.45. The zero-order chi connectivity index (χ0) is 20.4. The lowest BCUT2D eigenvalue weighted by molar-refractivity contribution is 0.0909. The normalized spacial score (nSPS) is 24.2. The molecular formula is C22H26N2O4S. The molecule has 2 aliphatic heterocycles. The van der Waals surface area contributed by atoms with E-state index in [1.54, 1.807) is 16.4 Å². The Kier molecular flexibility index (Phi) is 5.61. The van der Waals surface area contributed by atoms with Crippen LogP contribution in [0.3, 0.4) is 0 Å². The van der Waals surface area contributed by atoms with Crippen LogP contribution in [0.2, 0.25) is 0 Å². The highest BCUT2D eigenvalue weighted by molar-refractivity contribution is 7.88. The molecule has 2 fully saturated rings. The van der Waals surface area contributed by atoms with Crippen molar-refractivity contribution in [3.8, 4) is 5.75 Å². The quantitative estimate of drug-likeness (QED) is 0.789. The minimum absolute atomic E-state index is 0.00501. The van der Waals surface area contributed by atoms with Gasteiger partial charge in [0, 0.05) is 23.7 Å². The molecule has 7 heteroatoms. The molecule has 29 heavy (non-hydrogen) atoms. The average Bonchev–Trinajstić information content (AvgIpc) is 2.99. The summed E-state index contributed by atoms with van der Waals surface area (Å²) >= 11 is 0. The number of hydrogen-bond donors (Lipinski definition) is 1. The fourth-order valence-electron chi connectivity index (χ4n) is 4.53. The van der Waals surface area contributed by atoms with Crippen LogP contribution in [0.25, 0.3) is 0 Å². The first-order chi connectivity index (χ1) is 13.9. The molecule has 154 valence electrons. The Balaban J connectivity index is 1.37. The maximum atomic E-state index is 12.8. The monoisotopic (exact) mass is 414 g/mol. The topological polar surface area (TPSA) is 75.7 Å². The van der Waals surface area contributed by atoms with Gasteiger partial charge in [-0.2, -0.15) is 4.31 Å². The van der Waals surface area contributed by atoms with Crippen molar-refractivity contribution in [2.45, 2.75) is 50.4 Å². The van der Waals surface area contributed by atoms with Gasteiger partial charge in [0.15, 0.2) is 0 Å². The second-order valence-electron chi connectivity index (χ2n) is 7.92. The van der Waals surface area contributed by atoms with E-state index in [0.29, 0.717) is 30.8 Å². The Labute approximate surface area is 171 Å². The number of ether oxygens (including phenoxy) is 1. The third-order valence-electron chi connectivity index (χ3n) is 5.73. The number of fused-ring (bicyclic) bond motifs is 2. The van der Waals surface area contributed by atoms with Gasteiger partial charge in [-0.15, -0.1) is 0 Å². The number of piperidine rings is 1. The van der Waals surface area contributed by atoms with Crippen LogP contribution in [-0.2, 0) is 16.6 Å². The largest absolute Gasteiger partial charge is 0.489 e. The maximum absolute atomic E-state index is 12.8. The molecule has 2 aromatic rings. The van der Waals surface area contributed by atoms with Gasteiger partial charge in [-0.1, -0.05) is 36.4 Å². The molecule has 0 radical (unpaired) electrons. The summed E-state index contributed by atoms with van der Waals surface area (Å²) in [6.45, 7) is 0.444. The first kappa shape index (κ1) is 19.9. The van der Waals surface area contributed by atoms with E-state index in [9.17, 15) is 13.2 Å². The van der Waals surface area contributed by atoms with Gasteiger partial charge in [0.05, 0.1) is 6.26 Å². The van der Waals surface area contributed by atoms with E-state index >= 15 is 0 Å². The highest BCUT2D eigenvalue weighted by atomic mass is 32.2. The summed E-state index contributed by atoms with van der Waals surface area (Å²) in [6, 6.07) is 17.0. The van der Waals surface area contributed by atoms with Crippen LogP contribution in [0.1, 0.15) is 41.6 Å². The predicted molar refractivity (Wildman–Crippen MR) is 111 cm³/mol. The van der Waals surface area contributed by atoms with Crippen LogP contribution < -0.4 is 10.1 Å². The number of carbonyl (C=O) groups excluding carboxylic acids is 1. The van der Waals surface area contributed by atoms with Gasteiger partial charge in [-0.25, -0.2) is 8.42 Å². The molecular weight excluding hydrogens is 388 g/mol. The molecule has 2 bridgehead atoms. The Morgan fingerprint density at radius 3 is 2.41 bits per heavy atom. The van der Waals surface area contributed by atoms with Crippen LogP contribution >= 0.6 is 0 Å². The number of benzene rings is 2. The Hall–Kier alpha value is -2.38. The number of hydrogen-bond acceptors (Lipinski definition) is 4.